The third-order valence-electron chi connectivity index (χ3n) is 2.81. The van der Waals surface area contributed by atoms with Crippen molar-refractivity contribution in [2.24, 2.45) is 5.92 Å². The van der Waals surface area contributed by atoms with E-state index >= 15 is 0 Å². The van der Waals surface area contributed by atoms with Crippen molar-refractivity contribution in [2.45, 2.75) is 34.1 Å². The first-order chi connectivity index (χ1) is 7.17. The van der Waals surface area contributed by atoms with Crippen LogP contribution in [0.2, 0.25) is 0 Å². The third kappa shape index (κ3) is 3.54. The summed E-state index contributed by atoms with van der Waals surface area (Å²) < 4.78 is 0. The monoisotopic (exact) mass is 206 g/mol. The van der Waals surface area contributed by atoms with Crippen LogP contribution in [0.5, 0.6) is 0 Å². The predicted octanol–water partition coefficient (Wildman–Crippen LogP) is 3.26. The van der Waals surface area contributed by atoms with E-state index in [9.17, 15) is 0 Å². The van der Waals surface area contributed by atoms with Crippen LogP contribution in [0.15, 0.2) is 18.2 Å². The quantitative estimate of drug-likeness (QED) is 0.735. The molecular formula is C13H22N2. The average Bonchev–Trinajstić information content (AvgIpc) is 2.25. The van der Waals surface area contributed by atoms with Gasteiger partial charge in [-0.15, -0.1) is 0 Å². The van der Waals surface area contributed by atoms with Crippen LogP contribution in [0.25, 0.3) is 0 Å². The maximum atomic E-state index is 4.56. The van der Waals surface area contributed by atoms with E-state index in [1.54, 1.807) is 0 Å². The minimum absolute atomic E-state index is 0.729. The molecular weight excluding hydrogens is 184 g/mol. The predicted molar refractivity (Wildman–Crippen MR) is 66.3 cm³/mol. The molecule has 1 aromatic heterocycles. The maximum Gasteiger partial charge on any atom is 0.128 e. The Morgan fingerprint density at radius 3 is 2.60 bits per heavy atom. The molecule has 0 bridgehead atoms. The number of aromatic nitrogens is 1. The van der Waals surface area contributed by atoms with Crippen molar-refractivity contribution in [1.29, 1.82) is 0 Å². The number of aryl methyl sites for hydroxylation is 1. The van der Waals surface area contributed by atoms with Crippen LogP contribution in [0, 0.1) is 12.8 Å². The Balaban J connectivity index is 2.73. The largest absolute Gasteiger partial charge is 0.357 e. The first-order valence-electron chi connectivity index (χ1n) is 5.86. The van der Waals surface area contributed by atoms with Gasteiger partial charge in [-0.2, -0.15) is 0 Å². The highest BCUT2D eigenvalue weighted by atomic mass is 15.2. The zero-order valence-electron chi connectivity index (χ0n) is 10.3. The van der Waals surface area contributed by atoms with E-state index in [0.717, 1.165) is 30.5 Å². The standard InChI is InChI=1S/C13H22N2/c1-5-11(3)10-15(6-2)13-9-7-8-12(4)14-13/h7-9,11H,5-6,10H2,1-4H3. The number of pyridine rings is 1. The van der Waals surface area contributed by atoms with Gasteiger partial charge in [0.1, 0.15) is 5.82 Å². The summed E-state index contributed by atoms with van der Waals surface area (Å²) in [4.78, 5) is 6.91. The lowest BCUT2D eigenvalue weighted by Crippen LogP contribution is -2.28. The van der Waals surface area contributed by atoms with Crippen LogP contribution in [0.4, 0.5) is 5.82 Å². The van der Waals surface area contributed by atoms with Crippen molar-refractivity contribution in [3.05, 3.63) is 23.9 Å². The highest BCUT2D eigenvalue weighted by Crippen LogP contribution is 2.14. The molecule has 0 aliphatic rings. The normalized spacial score (nSPS) is 12.5. The fourth-order valence-corrected chi connectivity index (χ4v) is 1.59. The number of hydrogen-bond donors (Lipinski definition) is 0. The molecule has 1 rings (SSSR count). The summed E-state index contributed by atoms with van der Waals surface area (Å²) in [7, 11) is 0. The summed E-state index contributed by atoms with van der Waals surface area (Å²) in [6.07, 6.45) is 1.22. The first-order valence-corrected chi connectivity index (χ1v) is 5.86. The molecule has 2 heteroatoms. The van der Waals surface area contributed by atoms with Gasteiger partial charge in [0.15, 0.2) is 0 Å². The molecule has 1 aromatic rings. The number of anilines is 1. The Bertz CT molecular complexity index is 296. The molecule has 2 nitrogen and oxygen atoms in total. The van der Waals surface area contributed by atoms with Gasteiger partial charge < -0.3 is 4.90 Å². The van der Waals surface area contributed by atoms with E-state index in [2.05, 4.69) is 42.8 Å². The Kier molecular flexibility index (Phi) is 4.60. The molecule has 0 N–H and O–H groups in total. The molecule has 0 aliphatic carbocycles. The molecule has 1 unspecified atom stereocenters. The molecule has 1 heterocycles. The lowest BCUT2D eigenvalue weighted by molar-refractivity contribution is 0.545. The van der Waals surface area contributed by atoms with Gasteiger partial charge in [-0.3, -0.25) is 0 Å². The SMILES string of the molecule is CCC(C)CN(CC)c1cccc(C)n1. The Morgan fingerprint density at radius 2 is 2.07 bits per heavy atom. The molecule has 15 heavy (non-hydrogen) atoms. The van der Waals surface area contributed by atoms with Crippen LogP contribution in [-0.2, 0) is 0 Å². The number of nitrogens with zero attached hydrogens (tertiary/aromatic N) is 2. The second-order valence-electron chi connectivity index (χ2n) is 4.19. The van der Waals surface area contributed by atoms with Crippen LogP contribution in [0.1, 0.15) is 32.9 Å². The first kappa shape index (κ1) is 12.0. The lowest BCUT2D eigenvalue weighted by Gasteiger charge is -2.25. The molecule has 0 amide bonds. The average molecular weight is 206 g/mol. The van der Waals surface area contributed by atoms with Gasteiger partial charge in [-0.05, 0) is 31.9 Å². The molecule has 0 spiro atoms. The third-order valence-corrected chi connectivity index (χ3v) is 2.81. The fraction of sp³-hybridized carbons (Fsp3) is 0.615. The Morgan fingerprint density at radius 1 is 1.33 bits per heavy atom. The van der Waals surface area contributed by atoms with Gasteiger partial charge in [0.05, 0.1) is 0 Å². The fourth-order valence-electron chi connectivity index (χ4n) is 1.59. The molecule has 0 aromatic carbocycles. The molecule has 0 radical (unpaired) electrons. The number of rotatable bonds is 5. The minimum Gasteiger partial charge on any atom is -0.357 e. The zero-order chi connectivity index (χ0) is 11.3. The topological polar surface area (TPSA) is 16.1 Å². The van der Waals surface area contributed by atoms with Gasteiger partial charge in [-0.25, -0.2) is 4.98 Å². The highest BCUT2D eigenvalue weighted by Gasteiger charge is 2.08. The van der Waals surface area contributed by atoms with Crippen molar-refractivity contribution in [1.82, 2.24) is 4.98 Å². The van der Waals surface area contributed by atoms with Crippen molar-refractivity contribution < 1.29 is 0 Å². The molecule has 0 fully saturated rings. The molecule has 0 aliphatic heterocycles. The van der Waals surface area contributed by atoms with Crippen molar-refractivity contribution in [2.75, 3.05) is 18.0 Å². The second kappa shape index (κ2) is 5.74. The summed E-state index contributed by atoms with van der Waals surface area (Å²) in [6.45, 7) is 10.9. The Hall–Kier alpha value is -1.05. The van der Waals surface area contributed by atoms with E-state index in [0.29, 0.717) is 0 Å². The smallest absolute Gasteiger partial charge is 0.128 e. The number of hydrogen-bond acceptors (Lipinski definition) is 2. The summed E-state index contributed by atoms with van der Waals surface area (Å²) in [5, 5.41) is 0. The summed E-state index contributed by atoms with van der Waals surface area (Å²) in [5.74, 6) is 1.84. The van der Waals surface area contributed by atoms with Gasteiger partial charge in [0.2, 0.25) is 0 Å². The zero-order valence-corrected chi connectivity index (χ0v) is 10.3. The van der Waals surface area contributed by atoms with Crippen LogP contribution in [0.3, 0.4) is 0 Å². The highest BCUT2D eigenvalue weighted by molar-refractivity contribution is 5.38. The van der Waals surface area contributed by atoms with Gasteiger partial charge in [-0.1, -0.05) is 26.3 Å². The molecule has 0 saturated carbocycles. The second-order valence-corrected chi connectivity index (χ2v) is 4.19. The van der Waals surface area contributed by atoms with E-state index < -0.39 is 0 Å². The Labute approximate surface area is 93.3 Å². The summed E-state index contributed by atoms with van der Waals surface area (Å²) in [6, 6.07) is 6.22. The van der Waals surface area contributed by atoms with Crippen molar-refractivity contribution in [3.63, 3.8) is 0 Å². The van der Waals surface area contributed by atoms with Gasteiger partial charge >= 0.3 is 0 Å². The van der Waals surface area contributed by atoms with Gasteiger partial charge in [0.25, 0.3) is 0 Å². The maximum absolute atomic E-state index is 4.56. The van der Waals surface area contributed by atoms with Crippen LogP contribution in [-0.4, -0.2) is 18.1 Å². The van der Waals surface area contributed by atoms with E-state index in [1.807, 2.05) is 13.0 Å². The van der Waals surface area contributed by atoms with E-state index in [4.69, 9.17) is 0 Å². The van der Waals surface area contributed by atoms with Gasteiger partial charge in [0, 0.05) is 18.8 Å². The van der Waals surface area contributed by atoms with E-state index in [1.165, 1.54) is 6.42 Å². The summed E-state index contributed by atoms with van der Waals surface area (Å²) in [5.41, 5.74) is 1.09. The minimum atomic E-state index is 0.729. The molecule has 1 atom stereocenters. The summed E-state index contributed by atoms with van der Waals surface area (Å²) >= 11 is 0. The lowest BCUT2D eigenvalue weighted by atomic mass is 10.1. The van der Waals surface area contributed by atoms with Crippen LogP contribution < -0.4 is 4.90 Å². The van der Waals surface area contributed by atoms with Crippen molar-refractivity contribution in [3.8, 4) is 0 Å². The molecule has 84 valence electrons. The molecule has 0 saturated heterocycles. The van der Waals surface area contributed by atoms with Crippen LogP contribution >= 0.6 is 0 Å². The van der Waals surface area contributed by atoms with Crippen molar-refractivity contribution >= 4 is 5.82 Å². The van der Waals surface area contributed by atoms with E-state index in [-0.39, 0.29) is 0 Å².